The summed E-state index contributed by atoms with van der Waals surface area (Å²) >= 11 is 0. The molecule has 1 aromatic carbocycles. The molecule has 0 bridgehead atoms. The number of piperidine rings is 1. The molecule has 8 nitrogen and oxygen atoms in total. The third-order valence-corrected chi connectivity index (χ3v) is 7.75. The van der Waals surface area contributed by atoms with Crippen molar-refractivity contribution in [3.63, 3.8) is 0 Å². The van der Waals surface area contributed by atoms with E-state index < -0.39 is 26.7 Å². The third-order valence-electron chi connectivity index (χ3n) is 6.76. The number of nitrogens with one attached hydrogen (secondary N) is 2. The van der Waals surface area contributed by atoms with Crippen molar-refractivity contribution in [1.29, 1.82) is 0 Å². The third kappa shape index (κ3) is 4.96. The summed E-state index contributed by atoms with van der Waals surface area (Å²) in [5, 5.41) is 21.8. The van der Waals surface area contributed by atoms with Crippen LogP contribution in [0.15, 0.2) is 17.0 Å². The number of tetrazole rings is 1. The van der Waals surface area contributed by atoms with Gasteiger partial charge in [0.15, 0.2) is 0 Å². The maximum atomic E-state index is 13.7. The second-order valence-corrected chi connectivity index (χ2v) is 10.3. The fourth-order valence-electron chi connectivity index (χ4n) is 5.25. The van der Waals surface area contributed by atoms with Crippen molar-refractivity contribution in [2.24, 2.45) is 17.0 Å². The minimum atomic E-state index is -4.90. The van der Waals surface area contributed by atoms with E-state index >= 15 is 0 Å². The average Bonchev–Trinajstić information content (AvgIpc) is 3.27. The van der Waals surface area contributed by atoms with Crippen LogP contribution in [0.3, 0.4) is 0 Å². The molecule has 1 aromatic heterocycles. The lowest BCUT2D eigenvalue weighted by molar-refractivity contribution is -0.139. The molecule has 2 fully saturated rings. The highest BCUT2D eigenvalue weighted by molar-refractivity contribution is 7.89. The summed E-state index contributed by atoms with van der Waals surface area (Å²) in [7, 11) is -4.71. The Labute approximate surface area is 184 Å². The first-order valence-corrected chi connectivity index (χ1v) is 12.4. The monoisotopic (exact) mass is 472 g/mol. The van der Waals surface area contributed by atoms with Crippen molar-refractivity contribution >= 4 is 10.0 Å². The quantitative estimate of drug-likeness (QED) is 0.613. The van der Waals surface area contributed by atoms with E-state index in [0.717, 1.165) is 44.8 Å². The van der Waals surface area contributed by atoms with E-state index in [2.05, 4.69) is 25.9 Å². The number of hydrogen-bond donors (Lipinski definition) is 3. The van der Waals surface area contributed by atoms with E-state index in [1.165, 1.54) is 25.3 Å². The molecule has 32 heavy (non-hydrogen) atoms. The Morgan fingerprint density at radius 3 is 2.25 bits per heavy atom. The van der Waals surface area contributed by atoms with Crippen molar-refractivity contribution in [2.75, 3.05) is 13.1 Å². The Morgan fingerprint density at radius 1 is 1.03 bits per heavy atom. The number of hydrogen-bond acceptors (Lipinski definition) is 6. The number of nitrogens with zero attached hydrogens (tertiary/aromatic N) is 3. The first kappa shape index (κ1) is 23.1. The van der Waals surface area contributed by atoms with Crippen LogP contribution in [0.5, 0.6) is 0 Å². The largest absolute Gasteiger partial charge is 0.417 e. The molecule has 1 aliphatic carbocycles. The van der Waals surface area contributed by atoms with E-state index in [4.69, 9.17) is 5.14 Å². The highest BCUT2D eigenvalue weighted by Gasteiger charge is 2.40. The summed E-state index contributed by atoms with van der Waals surface area (Å²) in [6.45, 7) is 2.10. The molecule has 4 N–H and O–H groups in total. The predicted octanol–water partition coefficient (Wildman–Crippen LogP) is 3.20. The van der Waals surface area contributed by atoms with Gasteiger partial charge in [0, 0.05) is 5.56 Å². The van der Waals surface area contributed by atoms with Crippen LogP contribution in [0.1, 0.15) is 62.0 Å². The minimum Gasteiger partial charge on any atom is -0.317 e. The smallest absolute Gasteiger partial charge is 0.317 e. The lowest BCUT2D eigenvalue weighted by atomic mass is 9.73. The molecule has 12 heteroatoms. The van der Waals surface area contributed by atoms with E-state index in [9.17, 15) is 21.6 Å². The van der Waals surface area contributed by atoms with Crippen molar-refractivity contribution in [1.82, 2.24) is 25.9 Å². The second kappa shape index (κ2) is 9.06. The summed E-state index contributed by atoms with van der Waals surface area (Å²) in [6.07, 6.45) is 2.05. The normalized spacial score (nSPS) is 23.4. The number of primary sulfonamides is 1. The zero-order valence-corrected chi connectivity index (χ0v) is 18.3. The van der Waals surface area contributed by atoms with Crippen molar-refractivity contribution in [2.45, 2.75) is 61.9 Å². The highest BCUT2D eigenvalue weighted by atomic mass is 32.2. The van der Waals surface area contributed by atoms with Gasteiger partial charge in [-0.2, -0.15) is 18.4 Å². The molecular weight excluding hydrogens is 445 g/mol. The van der Waals surface area contributed by atoms with Gasteiger partial charge in [0.05, 0.1) is 5.56 Å². The number of H-pyrrole nitrogens is 1. The van der Waals surface area contributed by atoms with Crippen molar-refractivity contribution in [3.8, 4) is 11.4 Å². The number of rotatable bonds is 5. The first-order chi connectivity index (χ1) is 15.1. The van der Waals surface area contributed by atoms with Crippen LogP contribution in [0.4, 0.5) is 13.2 Å². The molecule has 176 valence electrons. The van der Waals surface area contributed by atoms with Crippen LogP contribution < -0.4 is 10.5 Å². The summed E-state index contributed by atoms with van der Waals surface area (Å²) in [6, 6.07) is 2.15. The Balaban J connectivity index is 1.66. The van der Waals surface area contributed by atoms with Gasteiger partial charge in [0.25, 0.3) is 0 Å². The molecular formula is C20H27F3N6O2S. The number of sulfonamides is 1. The summed E-state index contributed by atoms with van der Waals surface area (Å²) in [5.74, 6) is 0.991. The van der Waals surface area contributed by atoms with Crippen LogP contribution in [0, 0.1) is 11.8 Å². The van der Waals surface area contributed by atoms with Crippen LogP contribution in [0.2, 0.25) is 0 Å². The fraction of sp³-hybridized carbons (Fsp3) is 0.650. The Kier molecular flexibility index (Phi) is 6.55. The molecule has 2 aromatic rings. The number of nitrogens with two attached hydrogens (primary N) is 1. The molecule has 0 radical (unpaired) electrons. The number of aromatic amines is 1. The van der Waals surface area contributed by atoms with Gasteiger partial charge >= 0.3 is 6.18 Å². The predicted molar refractivity (Wildman–Crippen MR) is 111 cm³/mol. The highest BCUT2D eigenvalue weighted by Crippen LogP contribution is 2.46. The van der Waals surface area contributed by atoms with Crippen LogP contribution >= 0.6 is 0 Å². The topological polar surface area (TPSA) is 127 Å². The van der Waals surface area contributed by atoms with E-state index in [1.54, 1.807) is 0 Å². The van der Waals surface area contributed by atoms with E-state index in [1.807, 2.05) is 0 Å². The molecule has 1 saturated heterocycles. The number of aromatic nitrogens is 4. The zero-order valence-electron chi connectivity index (χ0n) is 17.5. The summed E-state index contributed by atoms with van der Waals surface area (Å²) < 4.78 is 65.6. The maximum Gasteiger partial charge on any atom is 0.417 e. The standard InChI is InChI=1S/C20H27F3N6O2S/c21-20(22,23)16-6-5-15(17(18(16)32(24,30)31)19-26-28-29-27-19)14-3-1-12(2-4-14)11-13-7-9-25-10-8-13/h5-6,12-14,25H,1-4,7-11H2,(H2,24,30,31)(H,26,27,28,29). The van der Waals surface area contributed by atoms with Crippen LogP contribution in [-0.4, -0.2) is 42.1 Å². The summed E-state index contributed by atoms with van der Waals surface area (Å²) in [4.78, 5) is -0.985. The van der Waals surface area contributed by atoms with E-state index in [0.29, 0.717) is 17.4 Å². The van der Waals surface area contributed by atoms with Gasteiger partial charge in [-0.1, -0.05) is 6.07 Å². The van der Waals surface area contributed by atoms with Gasteiger partial charge in [-0.15, -0.1) is 10.2 Å². The molecule has 0 unspecified atom stereocenters. The van der Waals surface area contributed by atoms with E-state index in [-0.39, 0.29) is 17.3 Å². The fourth-order valence-corrected chi connectivity index (χ4v) is 6.24. The molecule has 0 amide bonds. The molecule has 2 aliphatic rings. The number of alkyl halides is 3. The lowest BCUT2D eigenvalue weighted by Gasteiger charge is -2.33. The van der Waals surface area contributed by atoms with Gasteiger partial charge < -0.3 is 5.32 Å². The minimum absolute atomic E-state index is 0.101. The second-order valence-electron chi connectivity index (χ2n) is 8.83. The Bertz CT molecular complexity index is 1030. The van der Waals surface area contributed by atoms with Gasteiger partial charge in [-0.05, 0) is 92.6 Å². The van der Waals surface area contributed by atoms with Gasteiger partial charge in [-0.25, -0.2) is 13.6 Å². The molecule has 4 rings (SSSR count). The lowest BCUT2D eigenvalue weighted by Crippen LogP contribution is -2.29. The number of halogens is 3. The zero-order chi connectivity index (χ0) is 22.9. The Hall–Kier alpha value is -2.05. The summed E-state index contributed by atoms with van der Waals surface area (Å²) in [5.41, 5.74) is -1.04. The maximum absolute atomic E-state index is 13.7. The van der Waals surface area contributed by atoms with Gasteiger partial charge in [-0.3, -0.25) is 0 Å². The van der Waals surface area contributed by atoms with Gasteiger partial charge in [0.2, 0.25) is 15.8 Å². The molecule has 0 atom stereocenters. The molecule has 2 heterocycles. The molecule has 1 aliphatic heterocycles. The Morgan fingerprint density at radius 2 is 1.69 bits per heavy atom. The van der Waals surface area contributed by atoms with Crippen LogP contribution in [-0.2, 0) is 16.2 Å². The first-order valence-electron chi connectivity index (χ1n) is 10.9. The van der Waals surface area contributed by atoms with Gasteiger partial charge in [0.1, 0.15) is 4.90 Å². The number of benzene rings is 1. The van der Waals surface area contributed by atoms with Crippen LogP contribution in [0.25, 0.3) is 11.4 Å². The molecule has 0 spiro atoms. The average molecular weight is 473 g/mol. The molecule has 1 saturated carbocycles. The van der Waals surface area contributed by atoms with Crippen molar-refractivity contribution in [3.05, 3.63) is 23.3 Å². The SMILES string of the molecule is NS(=O)(=O)c1c(C(F)(F)F)ccc(C2CCC(CC3CCNCC3)CC2)c1-c1nn[nH]n1. The van der Waals surface area contributed by atoms with Crippen molar-refractivity contribution < 1.29 is 21.6 Å².